The molecule has 1 amide bonds. The molecule has 0 aliphatic rings. The normalized spacial score (nSPS) is 11.9. The molecule has 0 aliphatic heterocycles. The van der Waals surface area contributed by atoms with E-state index in [1.165, 1.54) is 24.0 Å². The van der Waals surface area contributed by atoms with Crippen molar-refractivity contribution in [2.24, 2.45) is 0 Å². The molecule has 6 heteroatoms. The van der Waals surface area contributed by atoms with Gasteiger partial charge in [-0.1, -0.05) is 30.3 Å². The predicted molar refractivity (Wildman–Crippen MR) is 77.1 cm³/mol. The zero-order chi connectivity index (χ0) is 15.2. The van der Waals surface area contributed by atoms with Gasteiger partial charge in [-0.3, -0.25) is 9.48 Å². The number of nitrogens with zero attached hydrogens (tertiary/aromatic N) is 2. The number of carbonyl (C=O) groups excluding carboxylic acids is 1. The molecule has 110 valence electrons. The molecule has 1 unspecified atom stereocenters. The molecular weight excluding hydrogens is 270 g/mol. The molecule has 0 saturated carbocycles. The minimum atomic E-state index is -0.992. The van der Waals surface area contributed by atoms with Crippen molar-refractivity contribution in [1.29, 1.82) is 0 Å². The Bertz CT molecular complexity index is 622. The molecule has 2 rings (SSSR count). The van der Waals surface area contributed by atoms with Crippen molar-refractivity contribution in [3.8, 4) is 0 Å². The molecule has 21 heavy (non-hydrogen) atoms. The lowest BCUT2D eigenvalue weighted by atomic mass is 10.1. The monoisotopic (exact) mass is 287 g/mol. The van der Waals surface area contributed by atoms with Gasteiger partial charge in [0.15, 0.2) is 0 Å². The maximum atomic E-state index is 11.9. The van der Waals surface area contributed by atoms with Crippen molar-refractivity contribution in [3.63, 3.8) is 0 Å². The van der Waals surface area contributed by atoms with Gasteiger partial charge in [0.1, 0.15) is 6.04 Å². The summed E-state index contributed by atoms with van der Waals surface area (Å²) in [6, 6.07) is 9.05. The molecule has 1 aromatic heterocycles. The van der Waals surface area contributed by atoms with Gasteiger partial charge in [-0.15, -0.1) is 0 Å². The molecule has 0 radical (unpaired) electrons. The Morgan fingerprint density at radius 3 is 2.71 bits per heavy atom. The minimum Gasteiger partial charge on any atom is -0.480 e. The molecule has 2 N–H and O–H groups in total. The lowest BCUT2D eigenvalue weighted by molar-refractivity contribution is -0.140. The number of benzene rings is 1. The fraction of sp³-hybridized carbons (Fsp3) is 0.267. The van der Waals surface area contributed by atoms with E-state index in [-0.39, 0.29) is 5.91 Å². The number of hydrogen-bond donors (Lipinski definition) is 2. The molecule has 0 saturated heterocycles. The largest absolute Gasteiger partial charge is 0.480 e. The standard InChI is InChI=1S/C15H17N3O3/c1-11(15(20)21)18-10-13(9-17-18)14(19)16-8-7-12-5-3-2-4-6-12/h2-6,9-11H,7-8H2,1H3,(H,16,19)(H,20,21). The van der Waals surface area contributed by atoms with Gasteiger partial charge in [-0.2, -0.15) is 5.10 Å². The summed E-state index contributed by atoms with van der Waals surface area (Å²) in [5.74, 6) is -1.25. The number of aliphatic carboxylic acids is 1. The number of rotatable bonds is 6. The summed E-state index contributed by atoms with van der Waals surface area (Å²) in [5, 5.41) is 15.6. The van der Waals surface area contributed by atoms with E-state index in [0.29, 0.717) is 12.1 Å². The van der Waals surface area contributed by atoms with Gasteiger partial charge in [-0.05, 0) is 18.9 Å². The van der Waals surface area contributed by atoms with Gasteiger partial charge in [0.2, 0.25) is 0 Å². The zero-order valence-corrected chi connectivity index (χ0v) is 11.7. The molecule has 0 bridgehead atoms. The highest BCUT2D eigenvalue weighted by Gasteiger charge is 2.16. The first kappa shape index (κ1) is 14.8. The highest BCUT2D eigenvalue weighted by atomic mass is 16.4. The number of carbonyl (C=O) groups is 2. The average Bonchev–Trinajstić information content (AvgIpc) is 2.97. The summed E-state index contributed by atoms with van der Waals surface area (Å²) < 4.78 is 1.26. The van der Waals surface area contributed by atoms with Crippen LogP contribution in [0, 0.1) is 0 Å². The van der Waals surface area contributed by atoms with Crippen LogP contribution in [0.3, 0.4) is 0 Å². The van der Waals surface area contributed by atoms with Crippen LogP contribution in [0.15, 0.2) is 42.7 Å². The first-order valence-electron chi connectivity index (χ1n) is 6.67. The summed E-state index contributed by atoms with van der Waals surface area (Å²) in [5.41, 5.74) is 1.50. The van der Waals surface area contributed by atoms with Crippen LogP contribution in [-0.2, 0) is 11.2 Å². The third kappa shape index (κ3) is 3.92. The number of hydrogen-bond acceptors (Lipinski definition) is 3. The fourth-order valence-corrected chi connectivity index (χ4v) is 1.85. The number of nitrogens with one attached hydrogen (secondary N) is 1. The Kier molecular flexibility index (Phi) is 4.71. The van der Waals surface area contributed by atoms with Crippen molar-refractivity contribution < 1.29 is 14.7 Å². The Balaban J connectivity index is 1.88. The van der Waals surface area contributed by atoms with E-state index < -0.39 is 12.0 Å². The van der Waals surface area contributed by atoms with Crippen LogP contribution < -0.4 is 5.32 Å². The van der Waals surface area contributed by atoms with Gasteiger partial charge in [0.25, 0.3) is 5.91 Å². The lowest BCUT2D eigenvalue weighted by Crippen LogP contribution is -2.25. The Labute approximate surface area is 122 Å². The second-order valence-corrected chi connectivity index (χ2v) is 4.71. The molecule has 6 nitrogen and oxygen atoms in total. The highest BCUT2D eigenvalue weighted by molar-refractivity contribution is 5.93. The van der Waals surface area contributed by atoms with Gasteiger partial charge >= 0.3 is 5.97 Å². The topological polar surface area (TPSA) is 84.2 Å². The summed E-state index contributed by atoms with van der Waals surface area (Å²) in [7, 11) is 0. The van der Waals surface area contributed by atoms with Crippen LogP contribution in [0.2, 0.25) is 0 Å². The van der Waals surface area contributed by atoms with E-state index in [4.69, 9.17) is 5.11 Å². The van der Waals surface area contributed by atoms with Crippen molar-refractivity contribution in [2.75, 3.05) is 6.54 Å². The summed E-state index contributed by atoms with van der Waals surface area (Å²) >= 11 is 0. The molecular formula is C15H17N3O3. The maximum absolute atomic E-state index is 11.9. The van der Waals surface area contributed by atoms with Gasteiger partial charge in [0, 0.05) is 12.7 Å². The van der Waals surface area contributed by atoms with Gasteiger partial charge < -0.3 is 10.4 Å². The minimum absolute atomic E-state index is 0.255. The van der Waals surface area contributed by atoms with Crippen molar-refractivity contribution in [1.82, 2.24) is 15.1 Å². The molecule has 0 aliphatic carbocycles. The van der Waals surface area contributed by atoms with Crippen molar-refractivity contribution in [3.05, 3.63) is 53.9 Å². The summed E-state index contributed by atoms with van der Waals surface area (Å²) in [6.07, 6.45) is 3.56. The molecule has 1 aromatic carbocycles. The molecule has 1 heterocycles. The second kappa shape index (κ2) is 6.69. The third-order valence-electron chi connectivity index (χ3n) is 3.16. The van der Waals surface area contributed by atoms with Crippen LogP contribution in [0.1, 0.15) is 28.9 Å². The van der Waals surface area contributed by atoms with Crippen LogP contribution >= 0.6 is 0 Å². The molecule has 0 fully saturated rings. The Hall–Kier alpha value is -2.63. The predicted octanol–water partition coefficient (Wildman–Crippen LogP) is 1.50. The van der Waals surface area contributed by atoms with E-state index >= 15 is 0 Å². The van der Waals surface area contributed by atoms with E-state index in [2.05, 4.69) is 10.4 Å². The van der Waals surface area contributed by atoms with E-state index in [0.717, 1.165) is 12.0 Å². The summed E-state index contributed by atoms with van der Waals surface area (Å²) in [4.78, 5) is 22.8. The van der Waals surface area contributed by atoms with Crippen molar-refractivity contribution in [2.45, 2.75) is 19.4 Å². The quantitative estimate of drug-likeness (QED) is 0.843. The first-order chi connectivity index (χ1) is 10.1. The number of carboxylic acid groups (broad SMARTS) is 1. The number of carboxylic acids is 1. The van der Waals surface area contributed by atoms with E-state index in [9.17, 15) is 9.59 Å². The van der Waals surface area contributed by atoms with Crippen LogP contribution in [0.25, 0.3) is 0 Å². The average molecular weight is 287 g/mol. The smallest absolute Gasteiger partial charge is 0.328 e. The lowest BCUT2D eigenvalue weighted by Gasteiger charge is -2.05. The van der Waals surface area contributed by atoms with E-state index in [1.54, 1.807) is 0 Å². The van der Waals surface area contributed by atoms with Crippen LogP contribution in [0.5, 0.6) is 0 Å². The molecule has 2 aromatic rings. The number of aromatic nitrogens is 2. The maximum Gasteiger partial charge on any atom is 0.328 e. The van der Waals surface area contributed by atoms with Crippen LogP contribution in [-0.4, -0.2) is 33.3 Å². The molecule has 1 atom stereocenters. The zero-order valence-electron chi connectivity index (χ0n) is 11.7. The Morgan fingerprint density at radius 1 is 1.33 bits per heavy atom. The third-order valence-corrected chi connectivity index (χ3v) is 3.16. The van der Waals surface area contributed by atoms with Gasteiger partial charge in [0.05, 0.1) is 11.8 Å². The number of amides is 1. The first-order valence-corrected chi connectivity index (χ1v) is 6.67. The Morgan fingerprint density at radius 2 is 2.05 bits per heavy atom. The molecule has 0 spiro atoms. The van der Waals surface area contributed by atoms with Crippen LogP contribution in [0.4, 0.5) is 0 Å². The SMILES string of the molecule is CC(C(=O)O)n1cc(C(=O)NCCc2ccccc2)cn1. The van der Waals surface area contributed by atoms with Gasteiger partial charge in [-0.25, -0.2) is 4.79 Å². The highest BCUT2D eigenvalue weighted by Crippen LogP contribution is 2.07. The van der Waals surface area contributed by atoms with Crippen molar-refractivity contribution >= 4 is 11.9 Å². The second-order valence-electron chi connectivity index (χ2n) is 4.71. The summed E-state index contributed by atoms with van der Waals surface area (Å²) in [6.45, 7) is 2.02. The van der Waals surface area contributed by atoms with E-state index in [1.807, 2.05) is 30.3 Å². The fourth-order valence-electron chi connectivity index (χ4n) is 1.85.